The molecule has 1 amide bonds. The number of carbonyl (C=O) groups is 2. The molecule has 1 unspecified atom stereocenters. The van der Waals surface area contributed by atoms with E-state index in [0.29, 0.717) is 18.8 Å². The topological polar surface area (TPSA) is 64.6 Å². The third-order valence-electron chi connectivity index (χ3n) is 4.81. The van der Waals surface area contributed by atoms with Crippen LogP contribution in [0.25, 0.3) is 0 Å². The number of ether oxygens (including phenoxy) is 2. The van der Waals surface area contributed by atoms with Crippen molar-refractivity contribution in [1.29, 1.82) is 0 Å². The quantitative estimate of drug-likeness (QED) is 0.618. The van der Waals surface area contributed by atoms with Crippen LogP contribution in [0, 0.1) is 5.92 Å². The third kappa shape index (κ3) is 4.91. The van der Waals surface area contributed by atoms with E-state index in [1.54, 1.807) is 7.11 Å². The molecule has 2 rings (SSSR count). The van der Waals surface area contributed by atoms with Gasteiger partial charge in [0.1, 0.15) is 11.3 Å². The molecule has 6 heteroatoms. The van der Waals surface area contributed by atoms with Gasteiger partial charge in [0.2, 0.25) is 5.91 Å². The molecule has 0 aromatic heterocycles. The Labute approximate surface area is 153 Å². The molecule has 138 valence electrons. The van der Waals surface area contributed by atoms with Crippen molar-refractivity contribution in [3.8, 4) is 5.75 Å². The SMILES string of the molecule is COC(=O)C1(NC(=O)C(C)Sc2ccc(OC)cc2)CCC(C)CC1. The molecule has 1 aliphatic carbocycles. The molecule has 1 aromatic rings. The standard InChI is InChI=1S/C19H27NO4S/c1-13-9-11-19(12-10-13,18(22)24-4)20-17(21)14(2)25-16-7-5-15(23-3)6-8-16/h5-8,13-14H,9-12H2,1-4H3,(H,20,21). The van der Waals surface area contributed by atoms with Crippen LogP contribution in [0.4, 0.5) is 0 Å². The van der Waals surface area contributed by atoms with Crippen LogP contribution in [0.3, 0.4) is 0 Å². The van der Waals surface area contributed by atoms with E-state index < -0.39 is 5.54 Å². The number of nitrogens with one attached hydrogen (secondary N) is 1. The number of benzene rings is 1. The minimum atomic E-state index is -0.882. The number of methoxy groups -OCH3 is 2. The fourth-order valence-electron chi connectivity index (χ4n) is 3.08. The lowest BCUT2D eigenvalue weighted by Gasteiger charge is -2.38. The first-order valence-corrected chi connectivity index (χ1v) is 9.49. The van der Waals surface area contributed by atoms with E-state index in [4.69, 9.17) is 9.47 Å². The van der Waals surface area contributed by atoms with Crippen LogP contribution < -0.4 is 10.1 Å². The van der Waals surface area contributed by atoms with Gasteiger partial charge in [-0.2, -0.15) is 0 Å². The van der Waals surface area contributed by atoms with E-state index in [-0.39, 0.29) is 17.1 Å². The lowest BCUT2D eigenvalue weighted by atomic mass is 9.77. The maximum atomic E-state index is 12.7. The number of esters is 1. The minimum absolute atomic E-state index is 0.138. The summed E-state index contributed by atoms with van der Waals surface area (Å²) in [7, 11) is 3.00. The van der Waals surface area contributed by atoms with Gasteiger partial charge in [-0.15, -0.1) is 11.8 Å². The maximum Gasteiger partial charge on any atom is 0.331 e. The zero-order chi connectivity index (χ0) is 18.4. The molecule has 1 N–H and O–H groups in total. The van der Waals surface area contributed by atoms with Crippen LogP contribution in [0.1, 0.15) is 39.5 Å². The first-order valence-electron chi connectivity index (χ1n) is 8.61. The Morgan fingerprint density at radius 1 is 1.20 bits per heavy atom. The highest BCUT2D eigenvalue weighted by Crippen LogP contribution is 2.34. The molecule has 1 fully saturated rings. The molecule has 25 heavy (non-hydrogen) atoms. The van der Waals surface area contributed by atoms with E-state index in [9.17, 15) is 9.59 Å². The van der Waals surface area contributed by atoms with E-state index in [1.807, 2.05) is 31.2 Å². The smallest absolute Gasteiger partial charge is 0.331 e. The highest BCUT2D eigenvalue weighted by molar-refractivity contribution is 8.00. The van der Waals surface area contributed by atoms with Crippen LogP contribution in [-0.2, 0) is 14.3 Å². The second-order valence-corrected chi connectivity index (χ2v) is 8.10. The van der Waals surface area contributed by atoms with E-state index in [0.717, 1.165) is 23.5 Å². The van der Waals surface area contributed by atoms with E-state index >= 15 is 0 Å². The molecule has 0 bridgehead atoms. The van der Waals surface area contributed by atoms with Gasteiger partial charge < -0.3 is 14.8 Å². The van der Waals surface area contributed by atoms with Gasteiger partial charge in [0.25, 0.3) is 0 Å². The number of carbonyl (C=O) groups excluding carboxylic acids is 2. The normalized spacial score (nSPS) is 24.2. The minimum Gasteiger partial charge on any atom is -0.497 e. The van der Waals surface area contributed by atoms with Crippen LogP contribution in [0.15, 0.2) is 29.2 Å². The van der Waals surface area contributed by atoms with Crippen molar-refractivity contribution in [3.63, 3.8) is 0 Å². The monoisotopic (exact) mass is 365 g/mol. The van der Waals surface area contributed by atoms with E-state index in [2.05, 4.69) is 12.2 Å². The van der Waals surface area contributed by atoms with Gasteiger partial charge in [0.05, 0.1) is 19.5 Å². The molecule has 0 saturated heterocycles. The van der Waals surface area contributed by atoms with Crippen LogP contribution >= 0.6 is 11.8 Å². The van der Waals surface area contributed by atoms with Gasteiger partial charge >= 0.3 is 5.97 Å². The molecule has 1 aromatic carbocycles. The van der Waals surface area contributed by atoms with Gasteiger partial charge in [-0.3, -0.25) is 4.79 Å². The Morgan fingerprint density at radius 2 is 1.80 bits per heavy atom. The number of amides is 1. The molecule has 1 saturated carbocycles. The lowest BCUT2D eigenvalue weighted by Crippen LogP contribution is -2.58. The van der Waals surface area contributed by atoms with Crippen molar-refractivity contribution in [2.75, 3.05) is 14.2 Å². The van der Waals surface area contributed by atoms with Crippen molar-refractivity contribution in [2.24, 2.45) is 5.92 Å². The van der Waals surface area contributed by atoms with Crippen LogP contribution in [0.2, 0.25) is 0 Å². The first kappa shape index (κ1) is 19.6. The fourth-order valence-corrected chi connectivity index (χ4v) is 3.95. The summed E-state index contributed by atoms with van der Waals surface area (Å²) in [5, 5.41) is 2.68. The van der Waals surface area contributed by atoms with Gasteiger partial charge in [-0.25, -0.2) is 4.79 Å². The number of hydrogen-bond donors (Lipinski definition) is 1. The Balaban J connectivity index is 2.02. The van der Waals surface area contributed by atoms with Gasteiger partial charge in [-0.05, 0) is 62.8 Å². The number of hydrogen-bond acceptors (Lipinski definition) is 5. The molecular weight excluding hydrogens is 338 g/mol. The average molecular weight is 365 g/mol. The molecular formula is C19H27NO4S. The first-order chi connectivity index (χ1) is 11.9. The van der Waals surface area contributed by atoms with Gasteiger partial charge in [-0.1, -0.05) is 6.92 Å². The lowest BCUT2D eigenvalue weighted by molar-refractivity contribution is -0.153. The highest BCUT2D eigenvalue weighted by Gasteiger charge is 2.44. The average Bonchev–Trinajstić information content (AvgIpc) is 2.63. The summed E-state index contributed by atoms with van der Waals surface area (Å²) in [5.41, 5.74) is -0.882. The van der Waals surface area contributed by atoms with E-state index in [1.165, 1.54) is 18.9 Å². The zero-order valence-corrected chi connectivity index (χ0v) is 16.2. The Bertz CT molecular complexity index is 594. The van der Waals surface area contributed by atoms with Crippen LogP contribution in [-0.4, -0.2) is 36.9 Å². The largest absolute Gasteiger partial charge is 0.497 e. The zero-order valence-electron chi connectivity index (χ0n) is 15.3. The number of thioether (sulfide) groups is 1. The van der Waals surface area contributed by atoms with Crippen molar-refractivity contribution in [1.82, 2.24) is 5.32 Å². The van der Waals surface area contributed by atoms with Gasteiger partial charge in [0.15, 0.2) is 0 Å². The summed E-state index contributed by atoms with van der Waals surface area (Å²) in [6.07, 6.45) is 3.09. The van der Waals surface area contributed by atoms with Crippen molar-refractivity contribution >= 4 is 23.6 Å². The van der Waals surface area contributed by atoms with Crippen LogP contribution in [0.5, 0.6) is 5.75 Å². The molecule has 0 radical (unpaired) electrons. The molecule has 5 nitrogen and oxygen atoms in total. The summed E-state index contributed by atoms with van der Waals surface area (Å²) in [6.45, 7) is 4.02. The second-order valence-electron chi connectivity index (χ2n) is 6.68. The fraction of sp³-hybridized carbons (Fsp3) is 0.579. The number of rotatable bonds is 6. The molecule has 0 heterocycles. The van der Waals surface area contributed by atoms with Gasteiger partial charge in [0, 0.05) is 4.90 Å². The predicted octanol–water partition coefficient (Wildman–Crippen LogP) is 3.41. The summed E-state index contributed by atoms with van der Waals surface area (Å²) in [6, 6.07) is 7.58. The highest BCUT2D eigenvalue weighted by atomic mass is 32.2. The maximum absolute atomic E-state index is 12.7. The Morgan fingerprint density at radius 3 is 2.32 bits per heavy atom. The summed E-state index contributed by atoms with van der Waals surface area (Å²) < 4.78 is 10.1. The summed E-state index contributed by atoms with van der Waals surface area (Å²) in [5.74, 6) is 0.873. The molecule has 0 aliphatic heterocycles. The van der Waals surface area contributed by atoms with Crippen molar-refractivity contribution in [3.05, 3.63) is 24.3 Å². The molecule has 0 spiro atoms. The summed E-state index contributed by atoms with van der Waals surface area (Å²) in [4.78, 5) is 26.0. The summed E-state index contributed by atoms with van der Waals surface area (Å²) >= 11 is 1.46. The predicted molar refractivity (Wildman–Crippen MR) is 98.8 cm³/mol. The third-order valence-corrected chi connectivity index (χ3v) is 5.92. The molecule has 1 aliphatic rings. The Kier molecular flexibility index (Phi) is 6.76. The second kappa shape index (κ2) is 8.61. The van der Waals surface area contributed by atoms with Crippen molar-refractivity contribution in [2.45, 2.75) is 55.2 Å². The van der Waals surface area contributed by atoms with Crippen molar-refractivity contribution < 1.29 is 19.1 Å². The molecule has 1 atom stereocenters. The Hall–Kier alpha value is -1.69.